The molecule has 0 aromatic heterocycles. The predicted octanol–water partition coefficient (Wildman–Crippen LogP) is 7.47. The van der Waals surface area contributed by atoms with Crippen molar-refractivity contribution in [2.24, 2.45) is 5.41 Å². The molecule has 130 valence electrons. The zero-order valence-electron chi connectivity index (χ0n) is 16.4. The van der Waals surface area contributed by atoms with E-state index < -0.39 is 0 Å². The van der Waals surface area contributed by atoms with Crippen molar-refractivity contribution in [3.63, 3.8) is 0 Å². The summed E-state index contributed by atoms with van der Waals surface area (Å²) < 4.78 is 0. The normalized spacial score (nSPS) is 27.8. The maximum absolute atomic E-state index is 2.46. The Hall–Kier alpha value is -1.56. The van der Waals surface area contributed by atoms with E-state index in [-0.39, 0.29) is 0 Å². The molecule has 2 rings (SSSR count). The summed E-state index contributed by atoms with van der Waals surface area (Å²) in [4.78, 5) is 0. The lowest BCUT2D eigenvalue weighted by Crippen LogP contribution is -2.16. The van der Waals surface area contributed by atoms with Crippen molar-refractivity contribution in [1.82, 2.24) is 0 Å². The fourth-order valence-electron chi connectivity index (χ4n) is 4.12. The molecule has 0 heteroatoms. The second-order valence-electron chi connectivity index (χ2n) is 7.67. The highest BCUT2D eigenvalue weighted by Crippen LogP contribution is 2.68. The summed E-state index contributed by atoms with van der Waals surface area (Å²) in [6.45, 7) is 13.8. The maximum atomic E-state index is 2.46. The molecule has 1 saturated carbocycles. The van der Waals surface area contributed by atoms with E-state index in [1.807, 2.05) is 0 Å². The molecule has 0 nitrogen and oxygen atoms in total. The summed E-state index contributed by atoms with van der Waals surface area (Å²) in [6, 6.07) is 9.05. The molecule has 1 aromatic carbocycles. The number of rotatable bonds is 7. The molecule has 2 atom stereocenters. The smallest absolute Gasteiger partial charge is 0.00159 e. The van der Waals surface area contributed by atoms with Crippen LogP contribution in [0.25, 0.3) is 5.57 Å². The van der Waals surface area contributed by atoms with Gasteiger partial charge in [0.05, 0.1) is 0 Å². The van der Waals surface area contributed by atoms with Crippen molar-refractivity contribution in [3.05, 3.63) is 65.3 Å². The third kappa shape index (κ3) is 3.43. The molecule has 0 radical (unpaired) electrons. The Morgan fingerprint density at radius 2 is 1.67 bits per heavy atom. The van der Waals surface area contributed by atoms with Gasteiger partial charge in [0.25, 0.3) is 0 Å². The van der Waals surface area contributed by atoms with Crippen molar-refractivity contribution < 1.29 is 0 Å². The van der Waals surface area contributed by atoms with Gasteiger partial charge in [0.2, 0.25) is 0 Å². The molecule has 0 amide bonds. The molecular formula is C24H34. The average molecular weight is 323 g/mol. The van der Waals surface area contributed by atoms with E-state index in [1.165, 1.54) is 36.0 Å². The van der Waals surface area contributed by atoms with Crippen LogP contribution in [-0.2, 0) is 5.41 Å². The lowest BCUT2D eigenvalue weighted by molar-refractivity contribution is 0.429. The van der Waals surface area contributed by atoms with Crippen molar-refractivity contribution in [2.75, 3.05) is 0 Å². The van der Waals surface area contributed by atoms with Crippen LogP contribution in [0.15, 0.2) is 54.1 Å². The van der Waals surface area contributed by atoms with E-state index in [0.29, 0.717) is 10.8 Å². The van der Waals surface area contributed by atoms with Crippen LogP contribution in [0.2, 0.25) is 0 Å². The fraction of sp³-hybridized carbons (Fsp3) is 0.500. The molecule has 1 fully saturated rings. The first kappa shape index (κ1) is 18.8. The summed E-state index contributed by atoms with van der Waals surface area (Å²) in [7, 11) is 0. The Morgan fingerprint density at radius 1 is 1.00 bits per heavy atom. The van der Waals surface area contributed by atoms with E-state index in [0.717, 1.165) is 6.42 Å². The van der Waals surface area contributed by atoms with Crippen molar-refractivity contribution in [3.8, 4) is 0 Å². The molecule has 0 aliphatic heterocycles. The predicted molar refractivity (Wildman–Crippen MR) is 108 cm³/mol. The minimum atomic E-state index is 0.371. The summed E-state index contributed by atoms with van der Waals surface area (Å²) in [5.74, 6) is 0. The molecule has 0 saturated heterocycles. The molecule has 24 heavy (non-hydrogen) atoms. The molecule has 0 heterocycles. The van der Waals surface area contributed by atoms with E-state index in [1.54, 1.807) is 5.56 Å². The molecule has 0 spiro atoms. The van der Waals surface area contributed by atoms with Gasteiger partial charge in [0.15, 0.2) is 0 Å². The van der Waals surface area contributed by atoms with Crippen molar-refractivity contribution >= 4 is 5.57 Å². The van der Waals surface area contributed by atoms with E-state index in [2.05, 4.69) is 90.1 Å². The topological polar surface area (TPSA) is 0 Å². The quantitative estimate of drug-likeness (QED) is 0.457. The van der Waals surface area contributed by atoms with Gasteiger partial charge in [0, 0.05) is 5.41 Å². The molecule has 0 N–H and O–H groups in total. The number of hydrogen-bond donors (Lipinski definition) is 0. The number of benzene rings is 1. The van der Waals surface area contributed by atoms with Gasteiger partial charge < -0.3 is 0 Å². The van der Waals surface area contributed by atoms with Gasteiger partial charge >= 0.3 is 0 Å². The Morgan fingerprint density at radius 3 is 2.25 bits per heavy atom. The highest BCUT2D eigenvalue weighted by Gasteiger charge is 2.62. The van der Waals surface area contributed by atoms with Gasteiger partial charge in [-0.25, -0.2) is 0 Å². The fourth-order valence-corrected chi connectivity index (χ4v) is 4.12. The van der Waals surface area contributed by atoms with Crippen LogP contribution in [0.3, 0.4) is 0 Å². The van der Waals surface area contributed by atoms with Crippen molar-refractivity contribution in [1.29, 1.82) is 0 Å². The van der Waals surface area contributed by atoms with Crippen LogP contribution in [0.5, 0.6) is 0 Å². The van der Waals surface area contributed by atoms with Gasteiger partial charge in [-0.1, -0.05) is 81.8 Å². The highest BCUT2D eigenvalue weighted by molar-refractivity contribution is 5.70. The third-order valence-electron chi connectivity index (χ3n) is 6.37. The van der Waals surface area contributed by atoms with Gasteiger partial charge in [-0.3, -0.25) is 0 Å². The minimum absolute atomic E-state index is 0.371. The zero-order valence-corrected chi connectivity index (χ0v) is 16.4. The Balaban J connectivity index is 2.33. The van der Waals surface area contributed by atoms with Crippen LogP contribution in [0.1, 0.15) is 78.4 Å². The van der Waals surface area contributed by atoms with Crippen LogP contribution in [0, 0.1) is 5.41 Å². The molecule has 0 bridgehead atoms. The molecule has 2 unspecified atom stereocenters. The lowest BCUT2D eigenvalue weighted by Gasteiger charge is -2.24. The van der Waals surface area contributed by atoms with Crippen LogP contribution in [0.4, 0.5) is 0 Å². The summed E-state index contributed by atoms with van der Waals surface area (Å²) >= 11 is 0. The Kier molecular flexibility index (Phi) is 5.91. The average Bonchev–Trinajstić information content (AvgIpc) is 3.25. The van der Waals surface area contributed by atoms with E-state index in [4.69, 9.17) is 0 Å². The van der Waals surface area contributed by atoms with Gasteiger partial charge in [-0.15, -0.1) is 0 Å². The van der Waals surface area contributed by atoms with Crippen LogP contribution in [-0.4, -0.2) is 0 Å². The largest absolute Gasteiger partial charge is 0.0736 e. The second kappa shape index (κ2) is 7.55. The number of hydrogen-bond acceptors (Lipinski definition) is 0. The zero-order chi connectivity index (χ0) is 17.8. The number of allylic oxidation sites excluding steroid dienone is 6. The van der Waals surface area contributed by atoms with Gasteiger partial charge in [0.1, 0.15) is 0 Å². The monoisotopic (exact) mass is 322 g/mol. The van der Waals surface area contributed by atoms with Gasteiger partial charge in [-0.2, -0.15) is 0 Å². The SMILES string of the molecule is CCC(C)=C/C=C\C=C(/C)c1ccccc1C1(CC)CC1(C)CC. The Labute approximate surface area is 149 Å². The van der Waals surface area contributed by atoms with E-state index >= 15 is 0 Å². The minimum Gasteiger partial charge on any atom is -0.0736 e. The van der Waals surface area contributed by atoms with Crippen LogP contribution >= 0.6 is 0 Å². The molecule has 1 aliphatic carbocycles. The first-order valence-corrected chi connectivity index (χ1v) is 9.54. The molecular weight excluding hydrogens is 288 g/mol. The second-order valence-corrected chi connectivity index (χ2v) is 7.67. The third-order valence-corrected chi connectivity index (χ3v) is 6.37. The first-order valence-electron chi connectivity index (χ1n) is 9.54. The van der Waals surface area contributed by atoms with E-state index in [9.17, 15) is 0 Å². The first-order chi connectivity index (χ1) is 11.4. The summed E-state index contributed by atoms with van der Waals surface area (Å²) in [6.07, 6.45) is 13.7. The maximum Gasteiger partial charge on any atom is 0.00159 e. The highest BCUT2D eigenvalue weighted by atomic mass is 14.7. The van der Waals surface area contributed by atoms with Crippen LogP contribution < -0.4 is 0 Å². The Bertz CT molecular complexity index is 658. The molecule has 1 aromatic rings. The molecule has 1 aliphatic rings. The summed E-state index contributed by atoms with van der Waals surface area (Å²) in [5, 5.41) is 0. The summed E-state index contributed by atoms with van der Waals surface area (Å²) in [5.41, 5.74) is 6.60. The van der Waals surface area contributed by atoms with Gasteiger partial charge in [-0.05, 0) is 61.6 Å². The van der Waals surface area contributed by atoms with Crippen molar-refractivity contribution in [2.45, 2.75) is 72.6 Å². The lowest BCUT2D eigenvalue weighted by atomic mass is 9.80. The standard InChI is InChI=1S/C24H34/c1-7-19(4)14-10-11-15-20(5)21-16-12-13-17-22(21)24(9-3)18-23(24,6)8-2/h10-17H,7-9,18H2,1-6H3/b11-10-,19-14?,20-15+.